The van der Waals surface area contributed by atoms with Crippen LogP contribution in [0.5, 0.6) is 0 Å². The molecule has 0 aliphatic rings. The lowest BCUT2D eigenvalue weighted by atomic mass is 10.1. The molecule has 0 aromatic heterocycles. The molecule has 0 unspecified atom stereocenters. The van der Waals surface area contributed by atoms with E-state index >= 15 is 0 Å². The van der Waals surface area contributed by atoms with E-state index < -0.39 is 6.04 Å². The van der Waals surface area contributed by atoms with E-state index in [9.17, 15) is 9.59 Å². The molecule has 0 heterocycles. The lowest BCUT2D eigenvalue weighted by Gasteiger charge is -2.28. The number of nitrogens with one attached hydrogen (secondary N) is 1. The molecule has 0 saturated heterocycles. The van der Waals surface area contributed by atoms with Gasteiger partial charge in [0.2, 0.25) is 11.8 Å². The van der Waals surface area contributed by atoms with E-state index in [1.54, 1.807) is 24.0 Å². The molecular formula is C17H25ClN2O3. The predicted octanol–water partition coefficient (Wildman–Crippen LogP) is 2.36. The summed E-state index contributed by atoms with van der Waals surface area (Å²) in [6, 6.07) is 6.68. The summed E-state index contributed by atoms with van der Waals surface area (Å²) in [6.45, 7) is 4.45. The molecule has 1 aromatic rings. The van der Waals surface area contributed by atoms with Crippen LogP contribution in [0, 0.1) is 0 Å². The second-order valence-corrected chi connectivity index (χ2v) is 5.88. The number of halogens is 1. The molecule has 1 aromatic carbocycles. The first kappa shape index (κ1) is 19.5. The average Bonchev–Trinajstić information content (AvgIpc) is 2.54. The molecule has 0 aliphatic carbocycles. The van der Waals surface area contributed by atoms with Gasteiger partial charge in [0.1, 0.15) is 6.04 Å². The molecule has 128 valence electrons. The van der Waals surface area contributed by atoms with Gasteiger partial charge in [-0.2, -0.15) is 0 Å². The van der Waals surface area contributed by atoms with Crippen molar-refractivity contribution in [2.75, 3.05) is 13.2 Å². The highest BCUT2D eigenvalue weighted by Crippen LogP contribution is 2.14. The maximum absolute atomic E-state index is 12.4. The largest absolute Gasteiger partial charge is 0.396 e. The Bertz CT molecular complexity index is 505. The van der Waals surface area contributed by atoms with Gasteiger partial charge < -0.3 is 15.3 Å². The second-order valence-electron chi connectivity index (χ2n) is 5.44. The Kier molecular flexibility index (Phi) is 8.66. The van der Waals surface area contributed by atoms with Crippen molar-refractivity contribution in [3.8, 4) is 0 Å². The van der Waals surface area contributed by atoms with Crippen LogP contribution in [0.15, 0.2) is 24.3 Å². The molecule has 0 bridgehead atoms. The molecule has 23 heavy (non-hydrogen) atoms. The fourth-order valence-electron chi connectivity index (χ4n) is 2.16. The number of benzene rings is 1. The van der Waals surface area contributed by atoms with E-state index in [0.29, 0.717) is 31.0 Å². The van der Waals surface area contributed by atoms with Crippen LogP contribution in [-0.4, -0.2) is 41.0 Å². The minimum absolute atomic E-state index is 0.0257. The highest BCUT2D eigenvalue weighted by molar-refractivity contribution is 6.30. The van der Waals surface area contributed by atoms with Crippen molar-refractivity contribution in [3.63, 3.8) is 0 Å². The zero-order valence-corrected chi connectivity index (χ0v) is 14.5. The van der Waals surface area contributed by atoms with Gasteiger partial charge in [0.05, 0.1) is 0 Å². The summed E-state index contributed by atoms with van der Waals surface area (Å²) in [5.41, 5.74) is 0.925. The van der Waals surface area contributed by atoms with Crippen LogP contribution in [0.2, 0.25) is 5.02 Å². The normalized spacial score (nSPS) is 11.8. The molecule has 0 fully saturated rings. The number of hydrogen-bond acceptors (Lipinski definition) is 3. The molecule has 1 atom stereocenters. The van der Waals surface area contributed by atoms with Crippen LogP contribution in [0.4, 0.5) is 0 Å². The smallest absolute Gasteiger partial charge is 0.242 e. The van der Waals surface area contributed by atoms with E-state index in [2.05, 4.69) is 5.32 Å². The summed E-state index contributed by atoms with van der Waals surface area (Å²) >= 11 is 5.88. The standard InChI is InChI=1S/C17H25ClN2O3/c1-3-5-16(22)20(12-14-6-8-15(18)9-7-14)13(2)17(23)19-10-4-11-21/h6-9,13,21H,3-5,10-12H2,1-2H3,(H,19,23)/t13-/m0/s1. The topological polar surface area (TPSA) is 69.6 Å². The highest BCUT2D eigenvalue weighted by atomic mass is 35.5. The van der Waals surface area contributed by atoms with Crippen molar-refractivity contribution in [2.24, 2.45) is 0 Å². The first-order chi connectivity index (χ1) is 11.0. The monoisotopic (exact) mass is 340 g/mol. The van der Waals surface area contributed by atoms with E-state index in [-0.39, 0.29) is 18.4 Å². The van der Waals surface area contributed by atoms with E-state index in [1.165, 1.54) is 0 Å². The Morgan fingerprint density at radius 3 is 2.52 bits per heavy atom. The van der Waals surface area contributed by atoms with Gasteiger partial charge in [0.25, 0.3) is 0 Å². The number of aliphatic hydroxyl groups excluding tert-OH is 1. The fraction of sp³-hybridized carbons (Fsp3) is 0.529. The highest BCUT2D eigenvalue weighted by Gasteiger charge is 2.25. The summed E-state index contributed by atoms with van der Waals surface area (Å²) in [6.07, 6.45) is 1.63. The Labute approximate surface area is 142 Å². The van der Waals surface area contributed by atoms with Crippen LogP contribution in [0.25, 0.3) is 0 Å². The number of carbonyl (C=O) groups excluding carboxylic acids is 2. The molecule has 0 spiro atoms. The Morgan fingerprint density at radius 2 is 1.96 bits per heavy atom. The Balaban J connectivity index is 2.80. The predicted molar refractivity (Wildman–Crippen MR) is 91.1 cm³/mol. The van der Waals surface area contributed by atoms with Gasteiger partial charge in [-0.15, -0.1) is 0 Å². The molecule has 2 N–H and O–H groups in total. The summed E-state index contributed by atoms with van der Waals surface area (Å²) in [7, 11) is 0. The number of hydrogen-bond donors (Lipinski definition) is 2. The molecule has 6 heteroatoms. The number of rotatable bonds is 9. The van der Waals surface area contributed by atoms with Crippen molar-refractivity contribution < 1.29 is 14.7 Å². The first-order valence-electron chi connectivity index (χ1n) is 7.92. The zero-order chi connectivity index (χ0) is 17.2. The van der Waals surface area contributed by atoms with Crippen LogP contribution < -0.4 is 5.32 Å². The Morgan fingerprint density at radius 1 is 1.30 bits per heavy atom. The summed E-state index contributed by atoms with van der Waals surface area (Å²) in [4.78, 5) is 26.2. The van der Waals surface area contributed by atoms with Gasteiger partial charge in [-0.05, 0) is 37.5 Å². The number of carbonyl (C=O) groups is 2. The fourth-order valence-corrected chi connectivity index (χ4v) is 2.29. The van der Waals surface area contributed by atoms with Crippen molar-refractivity contribution in [1.29, 1.82) is 0 Å². The van der Waals surface area contributed by atoms with E-state index in [0.717, 1.165) is 12.0 Å². The Hall–Kier alpha value is -1.59. The minimum atomic E-state index is -0.566. The molecule has 0 saturated carbocycles. The third kappa shape index (κ3) is 6.59. The molecule has 0 radical (unpaired) electrons. The maximum Gasteiger partial charge on any atom is 0.242 e. The molecule has 1 rings (SSSR count). The van der Waals surface area contributed by atoms with Gasteiger partial charge in [-0.1, -0.05) is 30.7 Å². The number of amides is 2. The van der Waals surface area contributed by atoms with Crippen LogP contribution in [-0.2, 0) is 16.1 Å². The summed E-state index contributed by atoms with van der Waals surface area (Å²) in [5.74, 6) is -0.260. The quantitative estimate of drug-likeness (QED) is 0.678. The summed E-state index contributed by atoms with van der Waals surface area (Å²) < 4.78 is 0. The van der Waals surface area contributed by atoms with E-state index in [4.69, 9.17) is 16.7 Å². The van der Waals surface area contributed by atoms with Crippen molar-refractivity contribution >= 4 is 23.4 Å². The van der Waals surface area contributed by atoms with Crippen LogP contribution in [0.1, 0.15) is 38.7 Å². The third-order valence-electron chi connectivity index (χ3n) is 3.53. The van der Waals surface area contributed by atoms with Gasteiger partial charge >= 0.3 is 0 Å². The van der Waals surface area contributed by atoms with Gasteiger partial charge in [0.15, 0.2) is 0 Å². The number of aliphatic hydroxyl groups is 1. The zero-order valence-electron chi connectivity index (χ0n) is 13.7. The minimum Gasteiger partial charge on any atom is -0.396 e. The van der Waals surface area contributed by atoms with Crippen molar-refractivity contribution in [3.05, 3.63) is 34.9 Å². The molecule has 2 amide bonds. The van der Waals surface area contributed by atoms with Gasteiger partial charge in [0, 0.05) is 31.1 Å². The molecule has 0 aliphatic heterocycles. The molecular weight excluding hydrogens is 316 g/mol. The maximum atomic E-state index is 12.4. The number of nitrogens with zero attached hydrogens (tertiary/aromatic N) is 1. The first-order valence-corrected chi connectivity index (χ1v) is 8.29. The second kappa shape index (κ2) is 10.2. The van der Waals surface area contributed by atoms with Gasteiger partial charge in [-0.3, -0.25) is 9.59 Å². The van der Waals surface area contributed by atoms with E-state index in [1.807, 2.05) is 19.1 Å². The van der Waals surface area contributed by atoms with Crippen molar-refractivity contribution in [1.82, 2.24) is 10.2 Å². The summed E-state index contributed by atoms with van der Waals surface area (Å²) in [5, 5.41) is 12.2. The third-order valence-corrected chi connectivity index (χ3v) is 3.78. The average molecular weight is 341 g/mol. The van der Waals surface area contributed by atoms with Gasteiger partial charge in [-0.25, -0.2) is 0 Å². The van der Waals surface area contributed by atoms with Crippen LogP contribution in [0.3, 0.4) is 0 Å². The van der Waals surface area contributed by atoms with Crippen LogP contribution >= 0.6 is 11.6 Å². The lowest BCUT2D eigenvalue weighted by Crippen LogP contribution is -2.47. The molecule has 5 nitrogen and oxygen atoms in total. The SMILES string of the molecule is CCCC(=O)N(Cc1ccc(Cl)cc1)[C@@H](C)C(=O)NCCCO. The lowest BCUT2D eigenvalue weighted by molar-refractivity contribution is -0.140. The van der Waals surface area contributed by atoms with Crippen molar-refractivity contribution in [2.45, 2.75) is 45.7 Å².